The highest BCUT2D eigenvalue weighted by molar-refractivity contribution is 5.77. The van der Waals surface area contributed by atoms with Crippen LogP contribution in [0.2, 0.25) is 0 Å². The van der Waals surface area contributed by atoms with Gasteiger partial charge in [0.25, 0.3) is 5.91 Å². The van der Waals surface area contributed by atoms with Gasteiger partial charge in [-0.05, 0) is 69.0 Å². The van der Waals surface area contributed by atoms with Crippen LogP contribution in [0, 0.1) is 11.3 Å². The van der Waals surface area contributed by atoms with Crippen molar-refractivity contribution in [2.24, 2.45) is 11.3 Å². The van der Waals surface area contributed by atoms with E-state index < -0.39 is 0 Å². The minimum absolute atomic E-state index is 0.126. The molecule has 0 aromatic rings. The van der Waals surface area contributed by atoms with Crippen molar-refractivity contribution in [3.63, 3.8) is 0 Å². The molecule has 29 heavy (non-hydrogen) atoms. The van der Waals surface area contributed by atoms with E-state index in [-0.39, 0.29) is 12.5 Å². The maximum Gasteiger partial charge on any atom is 0.260 e. The molecule has 5 nitrogen and oxygen atoms in total. The molecule has 0 aromatic carbocycles. The minimum atomic E-state index is 0.126. The predicted octanol–water partition coefficient (Wildman–Crippen LogP) is 4.35. The Morgan fingerprint density at radius 1 is 1.17 bits per heavy atom. The summed E-state index contributed by atoms with van der Waals surface area (Å²) >= 11 is 0. The van der Waals surface area contributed by atoms with Crippen molar-refractivity contribution in [2.75, 3.05) is 52.4 Å². The van der Waals surface area contributed by atoms with Crippen LogP contribution >= 0.6 is 0 Å². The van der Waals surface area contributed by atoms with E-state index in [1.165, 1.54) is 32.4 Å². The Kier molecular flexibility index (Phi) is 9.81. The molecule has 0 radical (unpaired) electrons. The molecule has 0 atom stereocenters. The summed E-state index contributed by atoms with van der Waals surface area (Å²) in [5.74, 6) is 1.82. The van der Waals surface area contributed by atoms with Crippen LogP contribution in [0.5, 0.6) is 0 Å². The first-order chi connectivity index (χ1) is 13.8. The Labute approximate surface area is 179 Å². The van der Waals surface area contributed by atoms with E-state index in [4.69, 9.17) is 4.74 Å². The van der Waals surface area contributed by atoms with Crippen molar-refractivity contribution in [1.29, 1.82) is 0 Å². The van der Waals surface area contributed by atoms with Gasteiger partial charge in [0.05, 0.1) is 0 Å². The third-order valence-corrected chi connectivity index (χ3v) is 6.32. The monoisotopic (exact) mass is 407 g/mol. The standard InChI is InChI=1S/C24H45N3O2/c1-6-9-23(27-16-10-21(3)11-17-27)29-19-22(28)26(13-7-2)15-8-14-25-18-12-24(4,5)20-25/h9,21H,6-8,10-20H2,1-5H3/b23-9+. The molecular weight excluding hydrogens is 362 g/mol. The number of nitrogens with zero attached hydrogens (tertiary/aromatic N) is 3. The third kappa shape index (κ3) is 8.19. The fourth-order valence-corrected chi connectivity index (χ4v) is 4.44. The second kappa shape index (κ2) is 11.8. The number of rotatable bonds is 11. The highest BCUT2D eigenvalue weighted by Crippen LogP contribution is 2.28. The Morgan fingerprint density at radius 3 is 2.48 bits per heavy atom. The van der Waals surface area contributed by atoms with E-state index >= 15 is 0 Å². The molecule has 168 valence electrons. The summed E-state index contributed by atoms with van der Waals surface area (Å²) in [6.07, 6.45) is 8.78. The lowest BCUT2D eigenvalue weighted by Gasteiger charge is -2.33. The molecule has 1 amide bonds. The normalized spacial score (nSPS) is 20.9. The molecule has 2 saturated heterocycles. The van der Waals surface area contributed by atoms with E-state index in [2.05, 4.69) is 50.5 Å². The van der Waals surface area contributed by atoms with Crippen LogP contribution in [0.3, 0.4) is 0 Å². The maximum absolute atomic E-state index is 12.8. The number of carbonyl (C=O) groups is 1. The number of amides is 1. The third-order valence-electron chi connectivity index (χ3n) is 6.32. The molecule has 2 aliphatic rings. The molecular formula is C24H45N3O2. The Balaban J connectivity index is 1.78. The molecule has 0 saturated carbocycles. The van der Waals surface area contributed by atoms with Gasteiger partial charge in [0.2, 0.25) is 0 Å². The predicted molar refractivity (Wildman–Crippen MR) is 121 cm³/mol. The van der Waals surface area contributed by atoms with Gasteiger partial charge < -0.3 is 19.4 Å². The second-order valence-corrected chi connectivity index (χ2v) is 9.83. The highest BCUT2D eigenvalue weighted by atomic mass is 16.5. The number of hydrogen-bond acceptors (Lipinski definition) is 4. The van der Waals surface area contributed by atoms with E-state index in [0.29, 0.717) is 5.41 Å². The van der Waals surface area contributed by atoms with E-state index in [0.717, 1.165) is 63.8 Å². The first-order valence-electron chi connectivity index (χ1n) is 11.9. The summed E-state index contributed by atoms with van der Waals surface area (Å²) in [6, 6.07) is 0. The van der Waals surface area contributed by atoms with Gasteiger partial charge in [-0.1, -0.05) is 34.6 Å². The van der Waals surface area contributed by atoms with E-state index in [1.54, 1.807) is 0 Å². The average molecular weight is 408 g/mol. The second-order valence-electron chi connectivity index (χ2n) is 9.83. The number of ether oxygens (including phenoxy) is 1. The van der Waals surface area contributed by atoms with Crippen LogP contribution in [0.4, 0.5) is 0 Å². The van der Waals surface area contributed by atoms with Gasteiger partial charge in [-0.2, -0.15) is 0 Å². The topological polar surface area (TPSA) is 36.0 Å². The summed E-state index contributed by atoms with van der Waals surface area (Å²) in [7, 11) is 0. The highest BCUT2D eigenvalue weighted by Gasteiger charge is 2.28. The van der Waals surface area contributed by atoms with Crippen LogP contribution in [0.25, 0.3) is 0 Å². The van der Waals surface area contributed by atoms with Gasteiger partial charge in [0.1, 0.15) is 0 Å². The van der Waals surface area contributed by atoms with Crippen molar-refractivity contribution in [2.45, 2.75) is 73.1 Å². The quantitative estimate of drug-likeness (QED) is 0.477. The Bertz CT molecular complexity index is 524. The first-order valence-corrected chi connectivity index (χ1v) is 11.9. The largest absolute Gasteiger partial charge is 0.469 e. The minimum Gasteiger partial charge on any atom is -0.469 e. The lowest BCUT2D eigenvalue weighted by atomic mass is 9.93. The molecule has 0 bridgehead atoms. The van der Waals surface area contributed by atoms with Crippen LogP contribution in [-0.4, -0.2) is 73.0 Å². The fourth-order valence-electron chi connectivity index (χ4n) is 4.44. The molecule has 2 rings (SSSR count). The Hall–Kier alpha value is -1.23. The molecule has 2 fully saturated rings. The van der Waals surface area contributed by atoms with Gasteiger partial charge >= 0.3 is 0 Å². The number of allylic oxidation sites excluding steroid dienone is 1. The summed E-state index contributed by atoms with van der Waals surface area (Å²) in [4.78, 5) is 19.7. The molecule has 0 aliphatic carbocycles. The zero-order chi connectivity index (χ0) is 21.3. The Morgan fingerprint density at radius 2 is 1.90 bits per heavy atom. The number of piperidine rings is 1. The molecule has 0 N–H and O–H groups in total. The fraction of sp³-hybridized carbons (Fsp3) is 0.875. The summed E-state index contributed by atoms with van der Waals surface area (Å²) in [5, 5.41) is 0. The van der Waals surface area contributed by atoms with Gasteiger partial charge in [0, 0.05) is 32.7 Å². The van der Waals surface area contributed by atoms with Crippen molar-refractivity contribution in [1.82, 2.24) is 14.7 Å². The summed E-state index contributed by atoms with van der Waals surface area (Å²) in [6.45, 7) is 18.6. The number of likely N-dealkylation sites (tertiary alicyclic amines) is 2. The molecule has 0 aromatic heterocycles. The number of carbonyl (C=O) groups excluding carboxylic acids is 1. The van der Waals surface area contributed by atoms with Gasteiger partial charge in [0.15, 0.2) is 12.5 Å². The van der Waals surface area contributed by atoms with Crippen molar-refractivity contribution < 1.29 is 9.53 Å². The zero-order valence-corrected chi connectivity index (χ0v) is 19.7. The van der Waals surface area contributed by atoms with E-state index in [9.17, 15) is 4.79 Å². The lowest BCUT2D eigenvalue weighted by Crippen LogP contribution is -2.38. The van der Waals surface area contributed by atoms with Crippen LogP contribution < -0.4 is 0 Å². The van der Waals surface area contributed by atoms with Crippen molar-refractivity contribution in [3.8, 4) is 0 Å². The van der Waals surface area contributed by atoms with Crippen LogP contribution in [0.15, 0.2) is 12.0 Å². The molecule has 2 aliphatic heterocycles. The maximum atomic E-state index is 12.8. The molecule has 5 heteroatoms. The lowest BCUT2D eigenvalue weighted by molar-refractivity contribution is -0.135. The van der Waals surface area contributed by atoms with Gasteiger partial charge in [-0.15, -0.1) is 0 Å². The molecule has 2 heterocycles. The summed E-state index contributed by atoms with van der Waals surface area (Å²) in [5.41, 5.74) is 0.445. The van der Waals surface area contributed by atoms with E-state index in [1.807, 2.05) is 4.90 Å². The van der Waals surface area contributed by atoms with Gasteiger partial charge in [-0.25, -0.2) is 0 Å². The molecule has 0 unspecified atom stereocenters. The SMILES string of the molecule is CC/C=C(/OCC(=O)N(CCC)CCCN1CCC(C)(C)C1)N1CCC(C)CC1. The molecule has 0 spiro atoms. The van der Waals surface area contributed by atoms with Crippen LogP contribution in [-0.2, 0) is 9.53 Å². The summed E-state index contributed by atoms with van der Waals surface area (Å²) < 4.78 is 6.04. The first kappa shape index (κ1) is 24.0. The smallest absolute Gasteiger partial charge is 0.260 e. The number of hydrogen-bond donors (Lipinski definition) is 0. The van der Waals surface area contributed by atoms with Crippen LogP contribution in [0.1, 0.15) is 73.1 Å². The average Bonchev–Trinajstić information content (AvgIpc) is 3.03. The zero-order valence-electron chi connectivity index (χ0n) is 19.7. The van der Waals surface area contributed by atoms with Gasteiger partial charge in [-0.3, -0.25) is 4.79 Å². The van der Waals surface area contributed by atoms with Crippen molar-refractivity contribution >= 4 is 5.91 Å². The van der Waals surface area contributed by atoms with Crippen molar-refractivity contribution in [3.05, 3.63) is 12.0 Å².